The third-order valence-corrected chi connectivity index (χ3v) is 2.73. The van der Waals surface area contributed by atoms with E-state index in [-0.39, 0.29) is 4.88 Å². The van der Waals surface area contributed by atoms with Gasteiger partial charge in [-0.1, -0.05) is 6.92 Å². The number of aryl methyl sites for hydroxylation is 1. The summed E-state index contributed by atoms with van der Waals surface area (Å²) in [5, 5.41) is 10.5. The van der Waals surface area contributed by atoms with Crippen molar-refractivity contribution in [2.45, 2.75) is 25.6 Å². The van der Waals surface area contributed by atoms with Crippen LogP contribution in [0.25, 0.3) is 0 Å². The second-order valence-electron chi connectivity index (χ2n) is 2.61. The molecule has 1 heterocycles. The molecule has 0 aliphatic carbocycles. The smallest absolute Gasteiger partial charge is 0.379 e. The van der Waals surface area contributed by atoms with Gasteiger partial charge in [-0.3, -0.25) is 0 Å². The van der Waals surface area contributed by atoms with Crippen LogP contribution < -0.4 is 0 Å². The molecular formula is C8H9F3OS. The standard InChI is InChI=1S/C8H9F3OS/c1-2-5-3-4-13-6(5)7(12)8(9,10)11/h3-4,7,12H,2H2,1H3. The number of rotatable bonds is 2. The van der Waals surface area contributed by atoms with Crippen LogP contribution in [0, 0.1) is 0 Å². The normalized spacial score (nSPS) is 14.5. The molecule has 0 spiro atoms. The second-order valence-corrected chi connectivity index (χ2v) is 3.56. The summed E-state index contributed by atoms with van der Waals surface area (Å²) in [6.07, 6.45) is -6.39. The van der Waals surface area contributed by atoms with Gasteiger partial charge in [-0.25, -0.2) is 0 Å². The summed E-state index contributed by atoms with van der Waals surface area (Å²) in [5.74, 6) is 0. The van der Waals surface area contributed by atoms with E-state index in [0.717, 1.165) is 11.3 Å². The first-order valence-electron chi connectivity index (χ1n) is 3.77. The topological polar surface area (TPSA) is 20.2 Å². The number of alkyl halides is 3. The summed E-state index contributed by atoms with van der Waals surface area (Å²) in [6.45, 7) is 1.76. The van der Waals surface area contributed by atoms with Crippen molar-refractivity contribution in [3.8, 4) is 0 Å². The van der Waals surface area contributed by atoms with E-state index in [1.54, 1.807) is 18.4 Å². The zero-order valence-corrected chi connectivity index (χ0v) is 7.75. The molecule has 1 N–H and O–H groups in total. The number of aliphatic hydroxyl groups excluding tert-OH is 1. The zero-order chi connectivity index (χ0) is 10.1. The summed E-state index contributed by atoms with van der Waals surface area (Å²) in [6, 6.07) is 1.61. The Bertz CT molecular complexity index is 279. The molecule has 0 radical (unpaired) electrons. The minimum absolute atomic E-state index is 0.00926. The Balaban J connectivity index is 2.94. The van der Waals surface area contributed by atoms with Crippen molar-refractivity contribution < 1.29 is 18.3 Å². The molecule has 13 heavy (non-hydrogen) atoms. The van der Waals surface area contributed by atoms with E-state index < -0.39 is 12.3 Å². The van der Waals surface area contributed by atoms with Gasteiger partial charge in [0, 0.05) is 4.88 Å². The van der Waals surface area contributed by atoms with Crippen LogP contribution in [0.5, 0.6) is 0 Å². The summed E-state index contributed by atoms with van der Waals surface area (Å²) in [5.41, 5.74) is 0.565. The van der Waals surface area contributed by atoms with Gasteiger partial charge in [-0.15, -0.1) is 11.3 Å². The first-order chi connectivity index (χ1) is 5.96. The van der Waals surface area contributed by atoms with Gasteiger partial charge in [0.25, 0.3) is 0 Å². The number of thiophene rings is 1. The molecule has 0 aliphatic rings. The highest BCUT2D eigenvalue weighted by molar-refractivity contribution is 7.10. The fourth-order valence-corrected chi connectivity index (χ4v) is 2.03. The first-order valence-corrected chi connectivity index (χ1v) is 4.65. The number of hydrogen-bond acceptors (Lipinski definition) is 2. The molecular weight excluding hydrogens is 201 g/mol. The fourth-order valence-electron chi connectivity index (χ4n) is 1.03. The molecule has 0 amide bonds. The van der Waals surface area contributed by atoms with Gasteiger partial charge in [0.05, 0.1) is 0 Å². The lowest BCUT2D eigenvalue weighted by Gasteiger charge is -2.14. The van der Waals surface area contributed by atoms with Gasteiger partial charge in [0.1, 0.15) is 0 Å². The van der Waals surface area contributed by atoms with E-state index in [0.29, 0.717) is 12.0 Å². The van der Waals surface area contributed by atoms with E-state index >= 15 is 0 Å². The Morgan fingerprint density at radius 2 is 2.15 bits per heavy atom. The molecule has 0 fully saturated rings. The van der Waals surface area contributed by atoms with Crippen molar-refractivity contribution in [3.63, 3.8) is 0 Å². The predicted octanol–water partition coefficient (Wildman–Crippen LogP) is 2.91. The Labute approximate surface area is 77.8 Å². The first kappa shape index (κ1) is 10.5. The van der Waals surface area contributed by atoms with Crippen molar-refractivity contribution in [2.75, 3.05) is 0 Å². The minimum atomic E-state index is -4.56. The Morgan fingerprint density at radius 1 is 1.54 bits per heavy atom. The Kier molecular flexibility index (Phi) is 2.98. The number of aliphatic hydroxyl groups is 1. The van der Waals surface area contributed by atoms with Crippen LogP contribution >= 0.6 is 11.3 Å². The van der Waals surface area contributed by atoms with Gasteiger partial charge in [0.2, 0.25) is 0 Å². The summed E-state index contributed by atoms with van der Waals surface area (Å²) in [4.78, 5) is 0.00926. The third kappa shape index (κ3) is 2.22. The quantitative estimate of drug-likeness (QED) is 0.795. The van der Waals surface area contributed by atoms with Crippen molar-refractivity contribution in [1.29, 1.82) is 0 Å². The van der Waals surface area contributed by atoms with E-state index in [4.69, 9.17) is 5.11 Å². The van der Waals surface area contributed by atoms with Crippen LogP contribution in [0.3, 0.4) is 0 Å². The zero-order valence-electron chi connectivity index (χ0n) is 6.93. The molecule has 0 bridgehead atoms. The Morgan fingerprint density at radius 3 is 2.62 bits per heavy atom. The van der Waals surface area contributed by atoms with Gasteiger partial charge in [0.15, 0.2) is 6.10 Å². The highest BCUT2D eigenvalue weighted by Gasteiger charge is 2.40. The van der Waals surface area contributed by atoms with Gasteiger partial charge >= 0.3 is 6.18 Å². The molecule has 1 unspecified atom stereocenters. The molecule has 0 aromatic carbocycles. The highest BCUT2D eigenvalue weighted by atomic mass is 32.1. The van der Waals surface area contributed by atoms with Crippen molar-refractivity contribution in [2.24, 2.45) is 0 Å². The van der Waals surface area contributed by atoms with Crippen LogP contribution in [0.4, 0.5) is 13.2 Å². The monoisotopic (exact) mass is 210 g/mol. The SMILES string of the molecule is CCc1ccsc1C(O)C(F)(F)F. The predicted molar refractivity (Wildman–Crippen MR) is 44.7 cm³/mol. The molecule has 1 rings (SSSR count). The van der Waals surface area contributed by atoms with Crippen molar-refractivity contribution in [3.05, 3.63) is 21.9 Å². The largest absolute Gasteiger partial charge is 0.419 e. The number of halogens is 3. The van der Waals surface area contributed by atoms with E-state index in [2.05, 4.69) is 0 Å². The molecule has 1 aromatic rings. The summed E-state index contributed by atoms with van der Waals surface area (Å²) in [7, 11) is 0. The van der Waals surface area contributed by atoms with E-state index in [9.17, 15) is 13.2 Å². The maximum atomic E-state index is 12.1. The molecule has 0 saturated carbocycles. The Hall–Kier alpha value is -0.550. The van der Waals surface area contributed by atoms with Gasteiger partial charge in [-0.2, -0.15) is 13.2 Å². The molecule has 5 heteroatoms. The maximum Gasteiger partial charge on any atom is 0.419 e. The second kappa shape index (κ2) is 3.67. The lowest BCUT2D eigenvalue weighted by Crippen LogP contribution is -2.20. The minimum Gasteiger partial charge on any atom is -0.379 e. The molecule has 1 aromatic heterocycles. The van der Waals surface area contributed by atoms with Crippen LogP contribution in [-0.4, -0.2) is 11.3 Å². The summed E-state index contributed by atoms with van der Waals surface area (Å²) < 4.78 is 36.3. The van der Waals surface area contributed by atoms with Crippen LogP contribution in [0.2, 0.25) is 0 Å². The van der Waals surface area contributed by atoms with Gasteiger partial charge in [-0.05, 0) is 23.4 Å². The highest BCUT2D eigenvalue weighted by Crippen LogP contribution is 2.36. The molecule has 0 saturated heterocycles. The van der Waals surface area contributed by atoms with Crippen LogP contribution in [0.1, 0.15) is 23.5 Å². The van der Waals surface area contributed by atoms with Crippen LogP contribution in [0.15, 0.2) is 11.4 Å². The maximum absolute atomic E-state index is 12.1. The van der Waals surface area contributed by atoms with E-state index in [1.165, 1.54) is 0 Å². The van der Waals surface area contributed by atoms with E-state index in [1.807, 2.05) is 0 Å². The number of hydrogen-bond donors (Lipinski definition) is 1. The lowest BCUT2D eigenvalue weighted by molar-refractivity contribution is -0.205. The van der Waals surface area contributed by atoms with Crippen LogP contribution in [-0.2, 0) is 6.42 Å². The molecule has 74 valence electrons. The lowest BCUT2D eigenvalue weighted by atomic mass is 10.1. The summed E-state index contributed by atoms with van der Waals surface area (Å²) >= 11 is 0.939. The van der Waals surface area contributed by atoms with Crippen molar-refractivity contribution in [1.82, 2.24) is 0 Å². The fraction of sp³-hybridized carbons (Fsp3) is 0.500. The third-order valence-electron chi connectivity index (χ3n) is 1.72. The van der Waals surface area contributed by atoms with Gasteiger partial charge < -0.3 is 5.11 Å². The van der Waals surface area contributed by atoms with Crippen molar-refractivity contribution >= 4 is 11.3 Å². The molecule has 1 atom stereocenters. The average Bonchev–Trinajstić information content (AvgIpc) is 2.48. The molecule has 0 aliphatic heterocycles. The average molecular weight is 210 g/mol. The molecule has 1 nitrogen and oxygen atoms in total.